The fraction of sp³-hybridized carbons (Fsp3) is 0.118. The van der Waals surface area contributed by atoms with Crippen molar-refractivity contribution in [3.63, 3.8) is 0 Å². The maximum Gasteiger partial charge on any atom is 0.327 e. The number of anilines is 1. The first-order chi connectivity index (χ1) is 12.2. The molecular weight excluding hydrogens is 401 g/mol. The zero-order valence-corrected chi connectivity index (χ0v) is 15.5. The molecule has 2 aromatic rings. The molecule has 1 heterocycles. The first kappa shape index (κ1) is 18.6. The standard InChI is InChI=1S/C17H13Cl2NO5S/c18-14-4-3-12(8-15(14)19)26(24,25)20-9-10(1-6-17(22)23)13-7-11(21)2-5-16(13)20/h1-8,10,21H,9H2,(H,22,23)/b6-1+. The number of sulfonamides is 1. The van der Waals surface area contributed by atoms with Gasteiger partial charge in [0.2, 0.25) is 0 Å². The molecule has 0 radical (unpaired) electrons. The van der Waals surface area contributed by atoms with Crippen molar-refractivity contribution in [2.24, 2.45) is 0 Å². The number of aromatic hydroxyl groups is 1. The maximum atomic E-state index is 13.1. The van der Waals surface area contributed by atoms with Crippen molar-refractivity contribution < 1.29 is 23.4 Å². The zero-order chi connectivity index (χ0) is 19.1. The van der Waals surface area contributed by atoms with Crippen LogP contribution in [0.25, 0.3) is 0 Å². The third kappa shape index (κ3) is 3.38. The molecule has 9 heteroatoms. The van der Waals surface area contributed by atoms with E-state index in [2.05, 4.69) is 0 Å². The van der Waals surface area contributed by atoms with Gasteiger partial charge in [-0.25, -0.2) is 13.2 Å². The Morgan fingerprint density at radius 2 is 1.88 bits per heavy atom. The van der Waals surface area contributed by atoms with E-state index in [9.17, 15) is 18.3 Å². The van der Waals surface area contributed by atoms with E-state index in [0.29, 0.717) is 11.3 Å². The van der Waals surface area contributed by atoms with Gasteiger partial charge in [0.05, 0.1) is 20.6 Å². The van der Waals surface area contributed by atoms with Crippen LogP contribution in [-0.2, 0) is 14.8 Å². The average molecular weight is 414 g/mol. The summed E-state index contributed by atoms with van der Waals surface area (Å²) in [5.74, 6) is -1.69. The van der Waals surface area contributed by atoms with E-state index in [1.807, 2.05) is 0 Å². The third-order valence-corrected chi connectivity index (χ3v) is 6.51. The molecule has 0 saturated heterocycles. The number of rotatable bonds is 4. The zero-order valence-electron chi connectivity index (χ0n) is 13.1. The van der Waals surface area contributed by atoms with Crippen LogP contribution in [0.3, 0.4) is 0 Å². The van der Waals surface area contributed by atoms with Crippen LogP contribution in [0.4, 0.5) is 5.69 Å². The maximum absolute atomic E-state index is 13.1. The Morgan fingerprint density at radius 1 is 1.15 bits per heavy atom. The number of carboxylic acids is 1. The number of phenolic OH excluding ortho intramolecular Hbond substituents is 1. The van der Waals surface area contributed by atoms with Crippen LogP contribution in [0.5, 0.6) is 5.75 Å². The summed E-state index contributed by atoms with van der Waals surface area (Å²) in [6, 6.07) is 8.29. The molecule has 136 valence electrons. The molecule has 0 fully saturated rings. The normalized spacial score (nSPS) is 16.8. The number of carboxylic acid groups (broad SMARTS) is 1. The Labute approximate surface area is 159 Å². The minimum Gasteiger partial charge on any atom is -0.508 e. The van der Waals surface area contributed by atoms with Crippen molar-refractivity contribution in [3.8, 4) is 5.75 Å². The van der Waals surface area contributed by atoms with Crippen LogP contribution < -0.4 is 4.31 Å². The molecule has 6 nitrogen and oxygen atoms in total. The predicted molar refractivity (Wildman–Crippen MR) is 98.6 cm³/mol. The van der Waals surface area contributed by atoms with Crippen LogP contribution >= 0.6 is 23.2 Å². The van der Waals surface area contributed by atoms with E-state index in [1.54, 1.807) is 0 Å². The predicted octanol–water partition coefficient (Wildman–Crippen LogP) is 3.63. The van der Waals surface area contributed by atoms with E-state index in [-0.39, 0.29) is 27.2 Å². The second-order valence-electron chi connectivity index (χ2n) is 5.66. The summed E-state index contributed by atoms with van der Waals surface area (Å²) in [6.07, 6.45) is 2.35. The number of fused-ring (bicyclic) bond motifs is 1. The molecule has 0 bridgehead atoms. The van der Waals surface area contributed by atoms with Crippen molar-refractivity contribution in [1.82, 2.24) is 0 Å². The SMILES string of the molecule is O=C(O)/C=C/C1CN(S(=O)(=O)c2ccc(Cl)c(Cl)c2)c2ccc(O)cc21. The molecule has 0 aliphatic carbocycles. The second kappa shape index (κ2) is 6.83. The molecule has 1 atom stereocenters. The van der Waals surface area contributed by atoms with Crippen LogP contribution in [0.1, 0.15) is 11.5 Å². The molecule has 0 saturated carbocycles. The molecule has 2 aromatic carbocycles. The first-order valence-electron chi connectivity index (χ1n) is 7.42. The van der Waals surface area contributed by atoms with Gasteiger partial charge in [-0.1, -0.05) is 29.3 Å². The molecule has 3 rings (SSSR count). The molecular formula is C17H13Cl2NO5S. The fourth-order valence-corrected chi connectivity index (χ4v) is 4.70. The minimum atomic E-state index is -3.95. The number of benzene rings is 2. The quantitative estimate of drug-likeness (QED) is 0.746. The highest BCUT2D eigenvalue weighted by atomic mass is 35.5. The van der Waals surface area contributed by atoms with Crippen LogP contribution in [0, 0.1) is 0 Å². The Kier molecular flexibility index (Phi) is 4.88. The summed E-state index contributed by atoms with van der Waals surface area (Å²) in [5, 5.41) is 18.9. The van der Waals surface area contributed by atoms with E-state index in [1.165, 1.54) is 42.5 Å². The van der Waals surface area contributed by atoms with Gasteiger partial charge in [-0.3, -0.25) is 4.31 Å². The van der Waals surface area contributed by atoms with Crippen molar-refractivity contribution in [3.05, 3.63) is 64.2 Å². The number of carbonyl (C=O) groups is 1. The summed E-state index contributed by atoms with van der Waals surface area (Å²) in [4.78, 5) is 10.8. The van der Waals surface area contributed by atoms with Crippen LogP contribution in [-0.4, -0.2) is 31.1 Å². The summed E-state index contributed by atoms with van der Waals surface area (Å²) in [7, 11) is -3.95. The number of halogens is 2. The number of aliphatic carboxylic acids is 1. The molecule has 1 aliphatic rings. The van der Waals surface area contributed by atoms with E-state index >= 15 is 0 Å². The van der Waals surface area contributed by atoms with Gasteiger partial charge in [-0.05, 0) is 42.0 Å². The Bertz CT molecular complexity index is 1020. The monoisotopic (exact) mass is 413 g/mol. The van der Waals surface area contributed by atoms with Gasteiger partial charge in [0, 0.05) is 18.5 Å². The highest BCUT2D eigenvalue weighted by molar-refractivity contribution is 7.92. The van der Waals surface area contributed by atoms with Gasteiger partial charge in [-0.15, -0.1) is 0 Å². The topological polar surface area (TPSA) is 94.9 Å². The fourth-order valence-electron chi connectivity index (χ4n) is 2.80. The summed E-state index contributed by atoms with van der Waals surface area (Å²) in [6.45, 7) is 0.00510. The van der Waals surface area contributed by atoms with Gasteiger partial charge < -0.3 is 10.2 Å². The number of nitrogens with zero attached hydrogens (tertiary/aromatic N) is 1. The number of phenols is 1. The van der Waals surface area contributed by atoms with E-state index in [4.69, 9.17) is 28.3 Å². The largest absolute Gasteiger partial charge is 0.508 e. The van der Waals surface area contributed by atoms with Gasteiger partial charge in [0.1, 0.15) is 5.75 Å². The molecule has 1 unspecified atom stereocenters. The van der Waals surface area contributed by atoms with Crippen LogP contribution in [0.2, 0.25) is 10.0 Å². The summed E-state index contributed by atoms with van der Waals surface area (Å²) < 4.78 is 27.3. The van der Waals surface area contributed by atoms with Gasteiger partial charge in [0.25, 0.3) is 10.0 Å². The van der Waals surface area contributed by atoms with Gasteiger partial charge in [0.15, 0.2) is 0 Å². The molecule has 2 N–H and O–H groups in total. The third-order valence-electron chi connectivity index (χ3n) is 3.99. The Balaban J connectivity index is 2.08. The molecule has 0 spiro atoms. The van der Waals surface area contributed by atoms with Crippen molar-refractivity contribution >= 4 is 44.9 Å². The lowest BCUT2D eigenvalue weighted by atomic mass is 10.0. The van der Waals surface area contributed by atoms with Crippen LogP contribution in [0.15, 0.2) is 53.4 Å². The Hall–Kier alpha value is -2.22. The van der Waals surface area contributed by atoms with Crippen molar-refractivity contribution in [2.45, 2.75) is 10.8 Å². The molecule has 26 heavy (non-hydrogen) atoms. The molecule has 0 amide bonds. The van der Waals surface area contributed by atoms with Crippen molar-refractivity contribution in [1.29, 1.82) is 0 Å². The smallest absolute Gasteiger partial charge is 0.327 e. The number of hydrogen-bond acceptors (Lipinski definition) is 4. The lowest BCUT2D eigenvalue weighted by Crippen LogP contribution is -2.29. The van der Waals surface area contributed by atoms with Gasteiger partial charge >= 0.3 is 5.97 Å². The highest BCUT2D eigenvalue weighted by Gasteiger charge is 2.36. The van der Waals surface area contributed by atoms with Crippen molar-refractivity contribution in [2.75, 3.05) is 10.8 Å². The Morgan fingerprint density at radius 3 is 2.54 bits per heavy atom. The summed E-state index contributed by atoms with van der Waals surface area (Å²) in [5.41, 5.74) is 0.889. The highest BCUT2D eigenvalue weighted by Crippen LogP contribution is 2.42. The number of hydrogen-bond donors (Lipinski definition) is 2. The van der Waals surface area contributed by atoms with E-state index < -0.39 is 21.9 Å². The van der Waals surface area contributed by atoms with Gasteiger partial charge in [-0.2, -0.15) is 0 Å². The minimum absolute atomic E-state index is 0.00510. The average Bonchev–Trinajstić information content (AvgIpc) is 2.94. The lowest BCUT2D eigenvalue weighted by molar-refractivity contribution is -0.131. The molecule has 0 aromatic heterocycles. The lowest BCUT2D eigenvalue weighted by Gasteiger charge is -2.20. The molecule has 1 aliphatic heterocycles. The van der Waals surface area contributed by atoms with E-state index in [0.717, 1.165) is 10.4 Å². The second-order valence-corrected chi connectivity index (χ2v) is 8.34. The first-order valence-corrected chi connectivity index (χ1v) is 9.61. The summed E-state index contributed by atoms with van der Waals surface area (Å²) >= 11 is 11.8.